The van der Waals surface area contributed by atoms with E-state index in [0.29, 0.717) is 34.3 Å². The summed E-state index contributed by atoms with van der Waals surface area (Å²) in [6, 6.07) is 19.5. The molecule has 0 spiro atoms. The van der Waals surface area contributed by atoms with Gasteiger partial charge in [-0.25, -0.2) is 8.42 Å². The quantitative estimate of drug-likeness (QED) is 0.564. The van der Waals surface area contributed by atoms with Gasteiger partial charge in [-0.1, -0.05) is 41.9 Å². The SMILES string of the molecule is Cc1ccc(NC(=O)c2ccc(-c3ccc(S(=O)(=O)N4CCCC4)cc3)cc2)cc1Cl. The first-order chi connectivity index (χ1) is 14.8. The van der Waals surface area contributed by atoms with Crippen LogP contribution in [0.1, 0.15) is 28.8 Å². The maximum Gasteiger partial charge on any atom is 0.255 e. The summed E-state index contributed by atoms with van der Waals surface area (Å²) in [4.78, 5) is 12.8. The van der Waals surface area contributed by atoms with Gasteiger partial charge in [0.1, 0.15) is 0 Å². The van der Waals surface area contributed by atoms with Crippen molar-refractivity contribution in [2.24, 2.45) is 0 Å². The molecule has 0 aliphatic carbocycles. The number of halogens is 1. The predicted molar refractivity (Wildman–Crippen MR) is 124 cm³/mol. The molecule has 7 heteroatoms. The third-order valence-corrected chi connectivity index (χ3v) is 7.79. The fourth-order valence-corrected chi connectivity index (χ4v) is 5.28. The van der Waals surface area contributed by atoms with Gasteiger partial charge in [0.2, 0.25) is 10.0 Å². The Bertz CT molecular complexity index is 1200. The first kappa shape index (κ1) is 21.6. The number of anilines is 1. The number of aryl methyl sites for hydroxylation is 1. The summed E-state index contributed by atoms with van der Waals surface area (Å²) in [5.74, 6) is -0.224. The second-order valence-electron chi connectivity index (χ2n) is 7.63. The summed E-state index contributed by atoms with van der Waals surface area (Å²) in [5, 5.41) is 3.44. The largest absolute Gasteiger partial charge is 0.322 e. The van der Waals surface area contributed by atoms with Crippen LogP contribution in [0.4, 0.5) is 5.69 Å². The zero-order valence-electron chi connectivity index (χ0n) is 17.1. The van der Waals surface area contributed by atoms with Gasteiger partial charge in [-0.15, -0.1) is 0 Å². The van der Waals surface area contributed by atoms with Crippen LogP contribution in [-0.4, -0.2) is 31.7 Å². The number of benzene rings is 3. The lowest BCUT2D eigenvalue weighted by Gasteiger charge is -2.15. The lowest BCUT2D eigenvalue weighted by atomic mass is 10.0. The van der Waals surface area contributed by atoms with Gasteiger partial charge < -0.3 is 5.32 Å². The topological polar surface area (TPSA) is 66.5 Å². The van der Waals surface area contributed by atoms with E-state index in [4.69, 9.17) is 11.6 Å². The van der Waals surface area contributed by atoms with E-state index < -0.39 is 10.0 Å². The standard InChI is InChI=1S/C24H23ClN2O3S/c1-17-4-11-21(16-23(17)25)26-24(28)20-7-5-18(6-8-20)19-9-12-22(13-10-19)31(29,30)27-14-2-3-15-27/h4-13,16H,2-3,14-15H2,1H3,(H,26,28). The van der Waals surface area contributed by atoms with Crippen molar-refractivity contribution in [1.29, 1.82) is 0 Å². The zero-order valence-corrected chi connectivity index (χ0v) is 18.7. The highest BCUT2D eigenvalue weighted by molar-refractivity contribution is 7.89. The van der Waals surface area contributed by atoms with Crippen LogP contribution in [0, 0.1) is 6.92 Å². The lowest BCUT2D eigenvalue weighted by molar-refractivity contribution is 0.102. The fraction of sp³-hybridized carbons (Fsp3) is 0.208. The molecule has 0 atom stereocenters. The Hall–Kier alpha value is -2.67. The number of nitrogens with zero attached hydrogens (tertiary/aromatic N) is 1. The summed E-state index contributed by atoms with van der Waals surface area (Å²) < 4.78 is 26.9. The molecule has 0 saturated carbocycles. The molecule has 3 aromatic rings. The number of rotatable bonds is 5. The number of hydrogen-bond donors (Lipinski definition) is 1. The highest BCUT2D eigenvalue weighted by Gasteiger charge is 2.26. The van der Waals surface area contributed by atoms with Crippen LogP contribution in [-0.2, 0) is 10.0 Å². The van der Waals surface area contributed by atoms with Crippen LogP contribution in [0.15, 0.2) is 71.6 Å². The Morgan fingerprint density at radius 1 is 0.903 bits per heavy atom. The predicted octanol–water partition coefficient (Wildman–Crippen LogP) is 5.35. The van der Waals surface area contributed by atoms with Gasteiger partial charge in [-0.05, 0) is 72.9 Å². The zero-order chi connectivity index (χ0) is 22.0. The van der Waals surface area contributed by atoms with Gasteiger partial charge in [0.15, 0.2) is 0 Å². The second kappa shape index (κ2) is 8.83. The van der Waals surface area contributed by atoms with Gasteiger partial charge in [0.05, 0.1) is 4.90 Å². The molecule has 1 fully saturated rings. The van der Waals surface area contributed by atoms with Crippen molar-refractivity contribution < 1.29 is 13.2 Å². The van der Waals surface area contributed by atoms with Gasteiger partial charge in [0, 0.05) is 29.4 Å². The van der Waals surface area contributed by atoms with E-state index in [9.17, 15) is 13.2 Å². The molecular weight excluding hydrogens is 432 g/mol. The van der Waals surface area contributed by atoms with E-state index in [1.54, 1.807) is 42.5 Å². The summed E-state index contributed by atoms with van der Waals surface area (Å²) in [7, 11) is -3.42. The molecule has 1 N–H and O–H groups in total. The second-order valence-corrected chi connectivity index (χ2v) is 9.98. The molecule has 1 aliphatic heterocycles. The van der Waals surface area contributed by atoms with E-state index in [1.807, 2.05) is 31.2 Å². The van der Waals surface area contributed by atoms with Gasteiger partial charge in [-0.3, -0.25) is 4.79 Å². The Kier molecular flexibility index (Phi) is 6.14. The molecule has 4 rings (SSSR count). The summed E-state index contributed by atoms with van der Waals surface area (Å²) in [6.07, 6.45) is 1.82. The molecule has 1 amide bonds. The Morgan fingerprint density at radius 2 is 1.48 bits per heavy atom. The molecule has 0 aromatic heterocycles. The molecule has 1 aliphatic rings. The third-order valence-electron chi connectivity index (χ3n) is 5.47. The van der Waals surface area contributed by atoms with Crippen LogP contribution >= 0.6 is 11.6 Å². The van der Waals surface area contributed by atoms with Crippen LogP contribution in [0.2, 0.25) is 5.02 Å². The number of sulfonamides is 1. The molecular formula is C24H23ClN2O3S. The molecule has 0 bridgehead atoms. The monoisotopic (exact) mass is 454 g/mol. The van der Waals surface area contributed by atoms with Gasteiger partial charge in [0.25, 0.3) is 5.91 Å². The van der Waals surface area contributed by atoms with Crippen molar-refractivity contribution in [1.82, 2.24) is 4.31 Å². The molecule has 0 radical (unpaired) electrons. The number of carbonyl (C=O) groups is 1. The van der Waals surface area contributed by atoms with Crippen LogP contribution in [0.25, 0.3) is 11.1 Å². The highest BCUT2D eigenvalue weighted by Crippen LogP contribution is 2.26. The minimum atomic E-state index is -3.42. The van der Waals surface area contributed by atoms with Crippen molar-refractivity contribution in [2.45, 2.75) is 24.7 Å². The maximum absolute atomic E-state index is 12.7. The van der Waals surface area contributed by atoms with Crippen LogP contribution in [0.3, 0.4) is 0 Å². The molecule has 1 heterocycles. The molecule has 160 valence electrons. The third kappa shape index (κ3) is 4.66. The average molecular weight is 455 g/mol. The number of nitrogens with one attached hydrogen (secondary N) is 1. The highest BCUT2D eigenvalue weighted by atomic mass is 35.5. The fourth-order valence-electron chi connectivity index (χ4n) is 3.58. The van der Waals surface area contributed by atoms with Crippen molar-refractivity contribution in [3.8, 4) is 11.1 Å². The van der Waals surface area contributed by atoms with Crippen molar-refractivity contribution in [3.63, 3.8) is 0 Å². The Balaban J connectivity index is 1.47. The van der Waals surface area contributed by atoms with Crippen molar-refractivity contribution >= 4 is 33.2 Å². The number of carbonyl (C=O) groups excluding carboxylic acids is 1. The van der Waals surface area contributed by atoms with E-state index in [-0.39, 0.29) is 5.91 Å². The summed E-state index contributed by atoms with van der Waals surface area (Å²) in [6.45, 7) is 3.08. The number of hydrogen-bond acceptors (Lipinski definition) is 3. The summed E-state index contributed by atoms with van der Waals surface area (Å²) >= 11 is 6.12. The maximum atomic E-state index is 12.7. The van der Waals surface area contributed by atoms with Crippen LogP contribution < -0.4 is 5.32 Å². The minimum absolute atomic E-state index is 0.224. The van der Waals surface area contributed by atoms with Crippen LogP contribution in [0.5, 0.6) is 0 Å². The molecule has 31 heavy (non-hydrogen) atoms. The van der Waals surface area contributed by atoms with E-state index in [2.05, 4.69) is 5.32 Å². The first-order valence-corrected chi connectivity index (χ1v) is 11.9. The summed E-state index contributed by atoms with van der Waals surface area (Å²) in [5.41, 5.74) is 3.90. The molecule has 1 saturated heterocycles. The van der Waals surface area contributed by atoms with E-state index in [1.165, 1.54) is 4.31 Å². The first-order valence-electron chi connectivity index (χ1n) is 10.1. The Labute approximate surface area is 187 Å². The van der Waals surface area contributed by atoms with Gasteiger partial charge >= 0.3 is 0 Å². The van der Waals surface area contributed by atoms with E-state index >= 15 is 0 Å². The average Bonchev–Trinajstić information content (AvgIpc) is 3.32. The molecule has 5 nitrogen and oxygen atoms in total. The minimum Gasteiger partial charge on any atom is -0.322 e. The van der Waals surface area contributed by atoms with Gasteiger partial charge in [-0.2, -0.15) is 4.31 Å². The van der Waals surface area contributed by atoms with E-state index in [0.717, 1.165) is 29.5 Å². The lowest BCUT2D eigenvalue weighted by Crippen LogP contribution is -2.27. The molecule has 0 unspecified atom stereocenters. The van der Waals surface area contributed by atoms with Crippen molar-refractivity contribution in [2.75, 3.05) is 18.4 Å². The number of amides is 1. The normalized spacial score (nSPS) is 14.5. The molecule has 3 aromatic carbocycles. The smallest absolute Gasteiger partial charge is 0.255 e. The Morgan fingerprint density at radius 3 is 2.06 bits per heavy atom. The van der Waals surface area contributed by atoms with Crippen molar-refractivity contribution in [3.05, 3.63) is 82.9 Å².